The first-order chi connectivity index (χ1) is 5.33. The number of hydrogen-bond acceptors (Lipinski definition) is 0. The maximum atomic E-state index is 2.23. The first-order valence-electron chi connectivity index (χ1n) is 5.33. The average molecular weight is 172 g/mol. The van der Waals surface area contributed by atoms with E-state index in [9.17, 15) is 0 Å². The lowest BCUT2D eigenvalue weighted by Crippen LogP contribution is -1.66. The highest BCUT2D eigenvalue weighted by Gasteiger charge is 1.75. The van der Waals surface area contributed by atoms with Crippen LogP contribution in [0.15, 0.2) is 0 Å². The summed E-state index contributed by atoms with van der Waals surface area (Å²) in [5.41, 5.74) is 0. The Labute approximate surface area is 81.2 Å². The van der Waals surface area contributed by atoms with Crippen molar-refractivity contribution in [3.05, 3.63) is 0 Å². The van der Waals surface area contributed by atoms with E-state index in [4.69, 9.17) is 0 Å². The number of rotatable bonds is 5. The van der Waals surface area contributed by atoms with E-state index in [0.29, 0.717) is 0 Å². The summed E-state index contributed by atoms with van der Waals surface area (Å²) in [6.07, 6.45) is 8.37. The maximum absolute atomic E-state index is 2.23. The van der Waals surface area contributed by atoms with Crippen molar-refractivity contribution in [3.8, 4) is 0 Å². The molecule has 0 atom stereocenters. The minimum atomic E-state index is 1.36. The molecule has 0 amide bonds. The summed E-state index contributed by atoms with van der Waals surface area (Å²) >= 11 is 1.40. The van der Waals surface area contributed by atoms with Gasteiger partial charge in [0.2, 0.25) is 16.3 Å². The van der Waals surface area contributed by atoms with Crippen LogP contribution in [0.25, 0.3) is 0 Å². The van der Waals surface area contributed by atoms with Gasteiger partial charge in [-0.2, -0.15) is 0 Å². The molecule has 0 bridgehead atoms. The zero-order valence-corrected chi connectivity index (χ0v) is 10.9. The second kappa shape index (κ2) is 16.9. The molecule has 0 aliphatic rings. The molecule has 11 heavy (non-hydrogen) atoms. The fourth-order valence-corrected chi connectivity index (χ4v) is 1.56. The number of hydrogen-bond donors (Lipinski definition) is 0. The molecule has 0 fully saturated rings. The maximum Gasteiger partial charge on any atom is 0.211 e. The normalized spacial score (nSPS) is 8.64. The van der Waals surface area contributed by atoms with Crippen molar-refractivity contribution in [1.29, 1.82) is 0 Å². The highest BCUT2D eigenvalue weighted by molar-refractivity contribution is 6.08. The zero-order chi connectivity index (χ0) is 8.95. The Morgan fingerprint density at radius 1 is 0.727 bits per heavy atom. The summed E-state index contributed by atoms with van der Waals surface area (Å²) in [5.74, 6) is 0. The smallest absolute Gasteiger partial charge is 0.101 e. The second-order valence-electron chi connectivity index (χ2n) is 3.06. The molecular weight excluding hydrogens is 147 g/mol. The third kappa shape index (κ3) is 25.1. The first kappa shape index (κ1) is 14.1. The van der Waals surface area contributed by atoms with Gasteiger partial charge >= 0.3 is 0 Å². The van der Waals surface area contributed by atoms with Crippen LogP contribution < -0.4 is 0 Å². The summed E-state index contributed by atoms with van der Waals surface area (Å²) in [6.45, 7) is 6.70. The van der Waals surface area contributed by atoms with E-state index in [1.807, 2.05) is 0 Å². The quantitative estimate of drug-likeness (QED) is 0.440. The van der Waals surface area contributed by atoms with Crippen LogP contribution >= 0.6 is 0 Å². The molecule has 0 radical (unpaired) electrons. The molecule has 0 heterocycles. The van der Waals surface area contributed by atoms with Gasteiger partial charge in [0.05, 0.1) is 0 Å². The molecule has 0 saturated heterocycles. The van der Waals surface area contributed by atoms with E-state index in [1.54, 1.807) is 0 Å². The van der Waals surface area contributed by atoms with Gasteiger partial charge in [-0.05, 0) is 0 Å². The molecule has 0 aliphatic carbocycles. The second-order valence-corrected chi connectivity index (χ2v) is 4.06. The zero-order valence-electron chi connectivity index (χ0n) is 8.95. The largest absolute Gasteiger partial charge is 0.211 e. The fraction of sp³-hybridized carbons (Fsp3) is 1.00. The van der Waals surface area contributed by atoms with Gasteiger partial charge in [0, 0.05) is 0 Å². The Kier molecular flexibility index (Phi) is 21.6. The molecule has 0 nitrogen and oxygen atoms in total. The van der Waals surface area contributed by atoms with Gasteiger partial charge in [-0.15, -0.1) is 5.28 Å². The standard InChI is InChI=1S/C6H14.C4H9.Al.2H/c1-3-5-6-4-2;1-3-4-2;;;/h3-6H2,1-2H3;1,3-4H2,2H3;;;. The molecule has 0 rings (SSSR count). The Morgan fingerprint density at radius 3 is 1.18 bits per heavy atom. The van der Waals surface area contributed by atoms with E-state index < -0.39 is 0 Å². The SMILES string of the molecule is CCCCCC.CCC[CH2][AlH2]. The van der Waals surface area contributed by atoms with Crippen LogP contribution in [0.1, 0.15) is 59.3 Å². The Bertz CT molecular complexity index is 38.1. The Balaban J connectivity index is 0. The van der Waals surface area contributed by atoms with E-state index >= 15 is 0 Å². The van der Waals surface area contributed by atoms with Crippen molar-refractivity contribution in [2.45, 2.75) is 64.6 Å². The van der Waals surface area contributed by atoms with Crippen molar-refractivity contribution < 1.29 is 0 Å². The molecule has 0 aromatic carbocycles. The fourth-order valence-electron chi connectivity index (χ4n) is 0.854. The lowest BCUT2D eigenvalue weighted by Gasteiger charge is -1.86. The summed E-state index contributed by atoms with van der Waals surface area (Å²) in [7, 11) is 0. The first-order valence-corrected chi connectivity index (χ1v) is 6.74. The van der Waals surface area contributed by atoms with E-state index in [2.05, 4.69) is 20.8 Å². The molecule has 0 N–H and O–H groups in total. The molecule has 0 aromatic rings. The van der Waals surface area contributed by atoms with Crippen LogP contribution in [0.4, 0.5) is 0 Å². The van der Waals surface area contributed by atoms with Gasteiger partial charge in [0.25, 0.3) is 0 Å². The third-order valence-corrected chi connectivity index (χ3v) is 2.37. The van der Waals surface area contributed by atoms with Gasteiger partial charge in [-0.25, -0.2) is 0 Å². The van der Waals surface area contributed by atoms with Crippen LogP contribution in [-0.2, 0) is 0 Å². The minimum Gasteiger partial charge on any atom is -0.101 e. The monoisotopic (exact) mass is 172 g/mol. The van der Waals surface area contributed by atoms with Crippen molar-refractivity contribution >= 4 is 16.3 Å². The average Bonchev–Trinajstić information content (AvgIpc) is 2.04. The lowest BCUT2D eigenvalue weighted by atomic mass is 10.2. The summed E-state index contributed by atoms with van der Waals surface area (Å²) in [6, 6.07) is 0. The van der Waals surface area contributed by atoms with Crippen LogP contribution in [0.2, 0.25) is 5.28 Å². The van der Waals surface area contributed by atoms with Crippen LogP contribution in [0, 0.1) is 0 Å². The predicted molar refractivity (Wildman–Crippen MR) is 58.1 cm³/mol. The molecule has 68 valence electrons. The minimum absolute atomic E-state index is 1.36. The van der Waals surface area contributed by atoms with Crippen molar-refractivity contribution in [1.82, 2.24) is 0 Å². The van der Waals surface area contributed by atoms with Gasteiger partial charge in [-0.3, -0.25) is 0 Å². The van der Waals surface area contributed by atoms with E-state index in [1.165, 1.54) is 60.1 Å². The van der Waals surface area contributed by atoms with Crippen LogP contribution in [-0.4, -0.2) is 16.3 Å². The van der Waals surface area contributed by atoms with Crippen molar-refractivity contribution in [2.75, 3.05) is 0 Å². The summed E-state index contributed by atoms with van der Waals surface area (Å²) < 4.78 is 0. The van der Waals surface area contributed by atoms with Gasteiger partial charge in [0.1, 0.15) is 0 Å². The lowest BCUT2D eigenvalue weighted by molar-refractivity contribution is 0.702. The van der Waals surface area contributed by atoms with Crippen LogP contribution in [0.3, 0.4) is 0 Å². The summed E-state index contributed by atoms with van der Waals surface area (Å²) in [5, 5.41) is 1.48. The molecule has 0 aromatic heterocycles. The molecule has 0 aliphatic heterocycles. The summed E-state index contributed by atoms with van der Waals surface area (Å²) in [4.78, 5) is 0. The van der Waals surface area contributed by atoms with Gasteiger partial charge < -0.3 is 0 Å². The topological polar surface area (TPSA) is 0 Å². The molecule has 1 heteroatoms. The van der Waals surface area contributed by atoms with E-state index in [0.717, 1.165) is 0 Å². The van der Waals surface area contributed by atoms with Crippen molar-refractivity contribution in [3.63, 3.8) is 0 Å². The molecule has 0 spiro atoms. The van der Waals surface area contributed by atoms with E-state index in [-0.39, 0.29) is 0 Å². The highest BCUT2D eigenvalue weighted by Crippen LogP contribution is 1.95. The molecule has 0 saturated carbocycles. The Morgan fingerprint density at radius 2 is 1.09 bits per heavy atom. The van der Waals surface area contributed by atoms with Crippen LogP contribution in [0.5, 0.6) is 0 Å². The Hall–Kier alpha value is 0.532. The van der Waals surface area contributed by atoms with Crippen molar-refractivity contribution in [2.24, 2.45) is 0 Å². The molecule has 0 unspecified atom stereocenters. The highest BCUT2D eigenvalue weighted by atomic mass is 27.0. The third-order valence-electron chi connectivity index (χ3n) is 1.66. The van der Waals surface area contributed by atoms with Gasteiger partial charge in [0.15, 0.2) is 0 Å². The predicted octanol–water partition coefficient (Wildman–Crippen LogP) is 3.42. The van der Waals surface area contributed by atoms with Gasteiger partial charge in [-0.1, -0.05) is 59.3 Å². The molecular formula is C10H25Al. The number of unbranched alkanes of at least 4 members (excludes halogenated alkanes) is 4.